The van der Waals surface area contributed by atoms with Gasteiger partial charge in [0.15, 0.2) is 0 Å². The summed E-state index contributed by atoms with van der Waals surface area (Å²) in [5, 5.41) is 10.3. The van der Waals surface area contributed by atoms with Gasteiger partial charge in [-0.15, -0.1) is 0 Å². The van der Waals surface area contributed by atoms with Gasteiger partial charge < -0.3 is 5.11 Å². The molecule has 3 rings (SSSR count). The van der Waals surface area contributed by atoms with E-state index < -0.39 is 6.10 Å². The van der Waals surface area contributed by atoms with Crippen molar-refractivity contribution in [3.63, 3.8) is 0 Å². The maximum absolute atomic E-state index is 13.8. The molecule has 0 spiro atoms. The topological polar surface area (TPSA) is 20.2 Å². The van der Waals surface area contributed by atoms with Gasteiger partial charge in [0.2, 0.25) is 0 Å². The number of rotatable bonds is 3. The van der Waals surface area contributed by atoms with E-state index >= 15 is 0 Å². The predicted molar refractivity (Wildman–Crippen MR) is 81.2 cm³/mol. The first kappa shape index (κ1) is 13.8. The monoisotopic (exact) mass is 334 g/mol. The summed E-state index contributed by atoms with van der Waals surface area (Å²) in [6.45, 7) is 0. The molecule has 1 aliphatic rings. The highest BCUT2D eigenvalue weighted by molar-refractivity contribution is 9.10. The molecule has 1 nitrogen and oxygen atoms in total. The average Bonchev–Trinajstić information content (AvgIpc) is 2.85. The summed E-state index contributed by atoms with van der Waals surface area (Å²) in [5.74, 6) is -0.368. The lowest BCUT2D eigenvalue weighted by Crippen LogP contribution is -2.06. The molecule has 1 aliphatic carbocycles. The highest BCUT2D eigenvalue weighted by Gasteiger charge is 2.18. The van der Waals surface area contributed by atoms with Crippen molar-refractivity contribution in [3.05, 3.63) is 68.9 Å². The average molecular weight is 335 g/mol. The Morgan fingerprint density at radius 2 is 1.95 bits per heavy atom. The molecule has 2 aromatic carbocycles. The second kappa shape index (κ2) is 5.66. The summed E-state index contributed by atoms with van der Waals surface area (Å²) in [5.41, 5.74) is 4.19. The molecule has 104 valence electrons. The van der Waals surface area contributed by atoms with Crippen LogP contribution in [0.5, 0.6) is 0 Å². The molecule has 3 heteroatoms. The molecular formula is C17H16BrFO. The van der Waals surface area contributed by atoms with Gasteiger partial charge in [-0.2, -0.15) is 0 Å². The summed E-state index contributed by atoms with van der Waals surface area (Å²) in [6, 6.07) is 11.1. The highest BCUT2D eigenvalue weighted by Crippen LogP contribution is 2.30. The third kappa shape index (κ3) is 2.65. The van der Waals surface area contributed by atoms with E-state index in [1.54, 1.807) is 12.1 Å². The molecule has 2 aromatic rings. The van der Waals surface area contributed by atoms with Gasteiger partial charge in [0.05, 0.1) is 6.10 Å². The van der Waals surface area contributed by atoms with Crippen molar-refractivity contribution >= 4 is 15.9 Å². The Bertz CT molecular complexity index is 619. The van der Waals surface area contributed by atoms with Gasteiger partial charge >= 0.3 is 0 Å². The van der Waals surface area contributed by atoms with Crippen molar-refractivity contribution in [1.82, 2.24) is 0 Å². The molecule has 1 atom stereocenters. The number of aryl methyl sites for hydroxylation is 2. The van der Waals surface area contributed by atoms with E-state index in [0.29, 0.717) is 16.5 Å². The van der Waals surface area contributed by atoms with Crippen molar-refractivity contribution in [2.75, 3.05) is 0 Å². The van der Waals surface area contributed by atoms with Crippen LogP contribution in [-0.4, -0.2) is 5.11 Å². The smallest absolute Gasteiger partial charge is 0.130 e. The van der Waals surface area contributed by atoms with Crippen LogP contribution in [-0.2, 0) is 19.3 Å². The van der Waals surface area contributed by atoms with Gasteiger partial charge in [-0.3, -0.25) is 0 Å². The van der Waals surface area contributed by atoms with Crippen LogP contribution < -0.4 is 0 Å². The largest absolute Gasteiger partial charge is 0.388 e. The fourth-order valence-corrected chi connectivity index (χ4v) is 3.51. The summed E-state index contributed by atoms with van der Waals surface area (Å²) in [6.07, 6.45) is 3.08. The first-order valence-electron chi connectivity index (χ1n) is 6.88. The van der Waals surface area contributed by atoms with Crippen molar-refractivity contribution in [3.8, 4) is 0 Å². The first-order valence-corrected chi connectivity index (χ1v) is 7.67. The molecule has 0 heterocycles. The van der Waals surface area contributed by atoms with E-state index in [-0.39, 0.29) is 5.82 Å². The number of aliphatic hydroxyl groups is 1. The molecule has 0 fully saturated rings. The van der Waals surface area contributed by atoms with E-state index in [1.807, 2.05) is 6.07 Å². The molecule has 0 aliphatic heterocycles. The standard InChI is InChI=1S/C17H16BrFO/c18-14-5-2-6-15(19)17(14)16(20)10-11-7-8-12-3-1-4-13(12)9-11/h2,5-9,16,20H,1,3-4,10H2. The molecule has 0 saturated heterocycles. The zero-order valence-corrected chi connectivity index (χ0v) is 12.7. The number of hydrogen-bond donors (Lipinski definition) is 1. The second-order valence-corrected chi connectivity index (χ2v) is 6.17. The van der Waals surface area contributed by atoms with Crippen LogP contribution in [0.15, 0.2) is 40.9 Å². The fourth-order valence-electron chi connectivity index (χ4n) is 2.91. The summed E-state index contributed by atoms with van der Waals surface area (Å²) >= 11 is 3.31. The SMILES string of the molecule is OC(Cc1ccc2c(c1)CCC2)c1c(F)cccc1Br. The van der Waals surface area contributed by atoms with E-state index in [2.05, 4.69) is 28.1 Å². The quantitative estimate of drug-likeness (QED) is 0.884. The lowest BCUT2D eigenvalue weighted by Gasteiger charge is -2.14. The molecular weight excluding hydrogens is 319 g/mol. The maximum Gasteiger partial charge on any atom is 0.130 e. The summed E-state index contributed by atoms with van der Waals surface area (Å²) in [4.78, 5) is 0. The van der Waals surface area contributed by atoms with Crippen LogP contribution in [0.25, 0.3) is 0 Å². The first-order chi connectivity index (χ1) is 9.65. The zero-order chi connectivity index (χ0) is 14.1. The normalized spacial score (nSPS) is 15.2. The maximum atomic E-state index is 13.8. The predicted octanol–water partition coefficient (Wildman–Crippen LogP) is 4.35. The van der Waals surface area contributed by atoms with Crippen LogP contribution in [0.3, 0.4) is 0 Å². The third-order valence-electron chi connectivity index (χ3n) is 3.92. The Kier molecular flexibility index (Phi) is 3.90. The number of hydrogen-bond acceptors (Lipinski definition) is 1. The molecule has 0 aromatic heterocycles. The summed E-state index contributed by atoms with van der Waals surface area (Å²) in [7, 11) is 0. The van der Waals surface area contributed by atoms with Gasteiger partial charge in [-0.1, -0.05) is 40.2 Å². The van der Waals surface area contributed by atoms with Gasteiger partial charge in [0.1, 0.15) is 5.82 Å². The van der Waals surface area contributed by atoms with E-state index in [9.17, 15) is 9.50 Å². The zero-order valence-electron chi connectivity index (χ0n) is 11.1. The van der Waals surface area contributed by atoms with Crippen molar-refractivity contribution in [2.24, 2.45) is 0 Å². The Morgan fingerprint density at radius 1 is 1.15 bits per heavy atom. The number of benzene rings is 2. The third-order valence-corrected chi connectivity index (χ3v) is 4.62. The molecule has 0 bridgehead atoms. The van der Waals surface area contributed by atoms with Gasteiger partial charge in [0.25, 0.3) is 0 Å². The second-order valence-electron chi connectivity index (χ2n) is 5.31. The molecule has 1 N–H and O–H groups in total. The molecule has 0 saturated carbocycles. The minimum atomic E-state index is -0.829. The Labute approximate surface area is 126 Å². The van der Waals surface area contributed by atoms with Crippen LogP contribution >= 0.6 is 15.9 Å². The van der Waals surface area contributed by atoms with Gasteiger partial charge in [0, 0.05) is 16.5 Å². The molecule has 0 radical (unpaired) electrons. The fraction of sp³-hybridized carbons (Fsp3) is 0.294. The molecule has 0 amide bonds. The van der Waals surface area contributed by atoms with Crippen molar-refractivity contribution < 1.29 is 9.50 Å². The van der Waals surface area contributed by atoms with Crippen molar-refractivity contribution in [1.29, 1.82) is 0 Å². The van der Waals surface area contributed by atoms with Crippen LogP contribution in [0.1, 0.15) is 34.8 Å². The minimum Gasteiger partial charge on any atom is -0.388 e. The molecule has 20 heavy (non-hydrogen) atoms. The highest BCUT2D eigenvalue weighted by atomic mass is 79.9. The Balaban J connectivity index is 1.84. The Hall–Kier alpha value is -1.19. The van der Waals surface area contributed by atoms with E-state index in [1.165, 1.54) is 23.6 Å². The van der Waals surface area contributed by atoms with Gasteiger partial charge in [-0.25, -0.2) is 4.39 Å². The number of fused-ring (bicyclic) bond motifs is 1. The lowest BCUT2D eigenvalue weighted by molar-refractivity contribution is 0.173. The molecule has 1 unspecified atom stereocenters. The summed E-state index contributed by atoms with van der Waals surface area (Å²) < 4.78 is 14.4. The van der Waals surface area contributed by atoms with Gasteiger partial charge in [-0.05, 0) is 48.1 Å². The van der Waals surface area contributed by atoms with Crippen LogP contribution in [0.2, 0.25) is 0 Å². The minimum absolute atomic E-state index is 0.341. The van der Waals surface area contributed by atoms with Crippen LogP contribution in [0.4, 0.5) is 4.39 Å². The Morgan fingerprint density at radius 3 is 2.75 bits per heavy atom. The lowest BCUT2D eigenvalue weighted by atomic mass is 9.98. The van der Waals surface area contributed by atoms with E-state index in [4.69, 9.17) is 0 Å². The number of aliphatic hydroxyl groups excluding tert-OH is 1. The van der Waals surface area contributed by atoms with Crippen molar-refractivity contribution in [2.45, 2.75) is 31.8 Å². The van der Waals surface area contributed by atoms with Crippen LogP contribution in [0, 0.1) is 5.82 Å². The van der Waals surface area contributed by atoms with E-state index in [0.717, 1.165) is 18.4 Å². The number of halogens is 2.